The summed E-state index contributed by atoms with van der Waals surface area (Å²) in [6, 6.07) is 6.77. The van der Waals surface area contributed by atoms with Crippen molar-refractivity contribution >= 4 is 42.0 Å². The Hall–Kier alpha value is -2.78. The number of carbonyl (C=O) groups excluding carboxylic acids is 2. The number of amides is 1. The molecule has 2 aromatic carbocycles. The fraction of sp³-hybridized carbons (Fsp3) is 0.211. The van der Waals surface area contributed by atoms with Gasteiger partial charge in [0.25, 0.3) is 0 Å². The highest BCUT2D eigenvalue weighted by Gasteiger charge is 2.22. The highest BCUT2D eigenvalue weighted by Crippen LogP contribution is 2.27. The molecule has 2 aromatic rings. The SMILES string of the molecule is CCN(C)SNc1ccc(F)c(C(=O)c2ccc(N=CNC=O)c(C)c2)c1F. The van der Waals surface area contributed by atoms with Crippen molar-refractivity contribution < 1.29 is 18.4 Å². The first-order valence-corrected chi connectivity index (χ1v) is 9.16. The first-order valence-electron chi connectivity index (χ1n) is 8.38. The number of aliphatic imine (C=N–C) groups is 1. The van der Waals surface area contributed by atoms with Crippen LogP contribution < -0.4 is 10.0 Å². The lowest BCUT2D eigenvalue weighted by atomic mass is 9.99. The summed E-state index contributed by atoms with van der Waals surface area (Å²) in [5.41, 5.74) is 0.662. The zero-order valence-electron chi connectivity index (χ0n) is 15.6. The monoisotopic (exact) mass is 406 g/mol. The Balaban J connectivity index is 2.33. The van der Waals surface area contributed by atoms with Crippen LogP contribution in [0, 0.1) is 18.6 Å². The van der Waals surface area contributed by atoms with Crippen LogP contribution in [0.4, 0.5) is 20.2 Å². The third-order valence-corrected chi connectivity index (χ3v) is 4.76. The molecule has 0 aliphatic carbocycles. The Labute approximate surface area is 166 Å². The second-order valence-electron chi connectivity index (χ2n) is 5.79. The maximum absolute atomic E-state index is 14.8. The van der Waals surface area contributed by atoms with Crippen molar-refractivity contribution in [1.82, 2.24) is 9.62 Å². The molecule has 0 saturated heterocycles. The van der Waals surface area contributed by atoms with Gasteiger partial charge in [0.2, 0.25) is 6.41 Å². The molecule has 6 nitrogen and oxygen atoms in total. The quantitative estimate of drug-likeness (QED) is 0.218. The van der Waals surface area contributed by atoms with Crippen molar-refractivity contribution in [3.05, 3.63) is 58.7 Å². The number of rotatable bonds is 9. The van der Waals surface area contributed by atoms with E-state index in [1.54, 1.807) is 6.92 Å². The summed E-state index contributed by atoms with van der Waals surface area (Å²) in [4.78, 5) is 27.0. The number of aryl methyl sites for hydroxylation is 1. The average Bonchev–Trinajstić information content (AvgIpc) is 2.68. The number of carbonyl (C=O) groups is 2. The maximum atomic E-state index is 14.8. The largest absolute Gasteiger partial charge is 0.319 e. The Kier molecular flexibility index (Phi) is 7.65. The van der Waals surface area contributed by atoms with Gasteiger partial charge in [0.15, 0.2) is 11.6 Å². The van der Waals surface area contributed by atoms with Gasteiger partial charge in [-0.2, -0.15) is 0 Å². The van der Waals surface area contributed by atoms with Crippen LogP contribution in [0.3, 0.4) is 0 Å². The van der Waals surface area contributed by atoms with Crippen molar-refractivity contribution in [2.24, 2.45) is 4.99 Å². The lowest BCUT2D eigenvalue weighted by molar-refractivity contribution is -0.108. The van der Waals surface area contributed by atoms with Crippen molar-refractivity contribution in [2.45, 2.75) is 13.8 Å². The number of ketones is 1. The Morgan fingerprint density at radius 1 is 1.29 bits per heavy atom. The third kappa shape index (κ3) is 5.14. The van der Waals surface area contributed by atoms with Crippen LogP contribution in [-0.2, 0) is 4.79 Å². The van der Waals surface area contributed by atoms with Gasteiger partial charge < -0.3 is 10.0 Å². The fourth-order valence-corrected chi connectivity index (χ4v) is 2.80. The molecular formula is C19H20F2N4O2S. The van der Waals surface area contributed by atoms with Gasteiger partial charge in [0, 0.05) is 24.2 Å². The van der Waals surface area contributed by atoms with Crippen LogP contribution in [0.2, 0.25) is 0 Å². The summed E-state index contributed by atoms with van der Waals surface area (Å²) in [7, 11) is 1.81. The fourth-order valence-electron chi connectivity index (χ4n) is 2.25. The highest BCUT2D eigenvalue weighted by molar-refractivity contribution is 7.98. The molecule has 0 radical (unpaired) electrons. The molecule has 148 valence electrons. The average molecular weight is 406 g/mol. The predicted molar refractivity (Wildman–Crippen MR) is 108 cm³/mol. The molecule has 0 saturated carbocycles. The van der Waals surface area contributed by atoms with Gasteiger partial charge in [-0.15, -0.1) is 0 Å². The van der Waals surface area contributed by atoms with Crippen molar-refractivity contribution in [3.8, 4) is 0 Å². The summed E-state index contributed by atoms with van der Waals surface area (Å²) >= 11 is 1.14. The van der Waals surface area contributed by atoms with Gasteiger partial charge in [-0.25, -0.2) is 18.1 Å². The summed E-state index contributed by atoms with van der Waals surface area (Å²) < 4.78 is 33.6. The third-order valence-electron chi connectivity index (χ3n) is 3.88. The molecule has 0 unspecified atom stereocenters. The predicted octanol–water partition coefficient (Wildman–Crippen LogP) is 3.84. The van der Waals surface area contributed by atoms with E-state index in [-0.39, 0.29) is 11.3 Å². The van der Waals surface area contributed by atoms with Crippen LogP contribution in [0.15, 0.2) is 35.3 Å². The van der Waals surface area contributed by atoms with E-state index in [4.69, 9.17) is 0 Å². The molecule has 28 heavy (non-hydrogen) atoms. The van der Waals surface area contributed by atoms with Crippen LogP contribution in [-0.4, -0.2) is 36.4 Å². The molecule has 0 spiro atoms. The Bertz CT molecular complexity index is 906. The van der Waals surface area contributed by atoms with Crippen LogP contribution in [0.1, 0.15) is 28.4 Å². The maximum Gasteiger partial charge on any atom is 0.212 e. The minimum atomic E-state index is -0.947. The molecule has 2 rings (SSSR count). The molecule has 0 aliphatic heterocycles. The van der Waals surface area contributed by atoms with Gasteiger partial charge in [-0.3, -0.25) is 9.59 Å². The highest BCUT2D eigenvalue weighted by atomic mass is 32.2. The molecule has 0 bridgehead atoms. The number of hydrogen-bond donors (Lipinski definition) is 2. The number of nitrogens with zero attached hydrogens (tertiary/aromatic N) is 2. The van der Waals surface area contributed by atoms with E-state index in [1.165, 1.54) is 30.6 Å². The van der Waals surface area contributed by atoms with Gasteiger partial charge in [0.05, 0.1) is 23.3 Å². The van der Waals surface area contributed by atoms with Crippen molar-refractivity contribution in [1.29, 1.82) is 0 Å². The number of benzene rings is 2. The molecule has 0 fully saturated rings. The second-order valence-corrected chi connectivity index (χ2v) is 6.80. The molecular weight excluding hydrogens is 386 g/mol. The number of anilines is 1. The van der Waals surface area contributed by atoms with Crippen LogP contribution in [0.25, 0.3) is 0 Å². The van der Waals surface area contributed by atoms with Crippen LogP contribution >= 0.6 is 12.1 Å². The number of hydrogen-bond acceptors (Lipinski definition) is 6. The molecule has 2 N–H and O–H groups in total. The summed E-state index contributed by atoms with van der Waals surface area (Å²) in [6.45, 7) is 4.34. The molecule has 0 aromatic heterocycles. The van der Waals surface area contributed by atoms with E-state index in [0.29, 0.717) is 24.2 Å². The van der Waals surface area contributed by atoms with E-state index in [9.17, 15) is 18.4 Å². The first kappa shape index (κ1) is 21.5. The van der Waals surface area contributed by atoms with E-state index >= 15 is 0 Å². The zero-order valence-corrected chi connectivity index (χ0v) is 16.4. The Morgan fingerprint density at radius 2 is 2.04 bits per heavy atom. The minimum Gasteiger partial charge on any atom is -0.319 e. The Morgan fingerprint density at radius 3 is 2.68 bits per heavy atom. The van der Waals surface area contributed by atoms with E-state index in [1.807, 2.05) is 18.3 Å². The first-order chi connectivity index (χ1) is 13.4. The number of halogens is 2. The lowest BCUT2D eigenvalue weighted by Crippen LogP contribution is -2.13. The molecule has 0 heterocycles. The summed E-state index contributed by atoms with van der Waals surface area (Å²) in [5, 5.41) is 2.28. The van der Waals surface area contributed by atoms with Crippen molar-refractivity contribution in [2.75, 3.05) is 18.3 Å². The zero-order chi connectivity index (χ0) is 20.7. The topological polar surface area (TPSA) is 73.8 Å². The van der Waals surface area contributed by atoms with Crippen LogP contribution in [0.5, 0.6) is 0 Å². The summed E-state index contributed by atoms with van der Waals surface area (Å²) in [6.07, 6.45) is 1.68. The van der Waals surface area contributed by atoms with E-state index in [2.05, 4.69) is 15.0 Å². The standard InChI is InChI=1S/C19H20F2N4O2S/c1-4-25(3)28-24-16-8-6-14(20)17(18(16)21)19(27)13-5-7-15(12(2)9-13)23-10-22-11-26/h5-11,24H,4H2,1-3H3,(H,22,23,26). The van der Waals surface area contributed by atoms with Gasteiger partial charge in [-0.1, -0.05) is 6.92 Å². The lowest BCUT2D eigenvalue weighted by Gasteiger charge is -2.15. The smallest absolute Gasteiger partial charge is 0.212 e. The normalized spacial score (nSPS) is 11.1. The minimum absolute atomic E-state index is 0.0212. The number of nitrogens with one attached hydrogen (secondary N) is 2. The van der Waals surface area contributed by atoms with Crippen molar-refractivity contribution in [3.63, 3.8) is 0 Å². The van der Waals surface area contributed by atoms with Gasteiger partial charge >= 0.3 is 0 Å². The molecule has 0 atom stereocenters. The van der Waals surface area contributed by atoms with E-state index < -0.39 is 23.0 Å². The van der Waals surface area contributed by atoms with Gasteiger partial charge in [0.1, 0.15) is 5.82 Å². The second kappa shape index (κ2) is 9.95. The van der Waals surface area contributed by atoms with E-state index in [0.717, 1.165) is 18.2 Å². The van der Waals surface area contributed by atoms with Gasteiger partial charge in [-0.05, 0) is 49.9 Å². The molecule has 1 amide bonds. The molecule has 0 aliphatic rings. The molecule has 9 heteroatoms. The summed E-state index contributed by atoms with van der Waals surface area (Å²) in [5.74, 6) is -2.65.